The molecule has 1 aromatic heterocycles. The Labute approximate surface area is 136 Å². The average molecular weight is 341 g/mol. The number of hydrogen-bond acceptors (Lipinski definition) is 3. The van der Waals surface area contributed by atoms with Gasteiger partial charge < -0.3 is 10.2 Å². The number of benzene rings is 1. The van der Waals surface area contributed by atoms with Gasteiger partial charge in [0.2, 0.25) is 11.6 Å². The van der Waals surface area contributed by atoms with Gasteiger partial charge in [-0.2, -0.15) is 22.5 Å². The van der Waals surface area contributed by atoms with Gasteiger partial charge in [0, 0.05) is 24.3 Å². The van der Waals surface area contributed by atoms with Gasteiger partial charge in [0.25, 0.3) is 17.8 Å². The highest BCUT2D eigenvalue weighted by Crippen LogP contribution is 2.26. The maximum Gasteiger partial charge on any atom is 0.253 e. The van der Waals surface area contributed by atoms with E-state index in [4.69, 9.17) is 0 Å². The zero-order chi connectivity index (χ0) is 17.9. The fourth-order valence-electron chi connectivity index (χ4n) is 2.13. The Hall–Kier alpha value is -2.64. The summed E-state index contributed by atoms with van der Waals surface area (Å²) in [6.07, 6.45) is 0. The summed E-state index contributed by atoms with van der Waals surface area (Å²) in [5.41, 5.74) is -0.436. The van der Waals surface area contributed by atoms with Crippen molar-refractivity contribution >= 4 is 17.3 Å². The molecular formula is C16H15F4N3O. The van der Waals surface area contributed by atoms with Gasteiger partial charge in [-0.1, -0.05) is 0 Å². The van der Waals surface area contributed by atoms with Crippen LogP contribution < -0.4 is 5.32 Å². The molecule has 0 unspecified atom stereocenters. The number of carbonyl (C=O) groups excluding carboxylic acids is 1. The van der Waals surface area contributed by atoms with E-state index < -0.39 is 29.2 Å². The van der Waals surface area contributed by atoms with E-state index in [1.165, 1.54) is 24.3 Å². The topological polar surface area (TPSA) is 45.2 Å². The maximum atomic E-state index is 13.6. The van der Waals surface area contributed by atoms with Gasteiger partial charge in [-0.3, -0.25) is 4.79 Å². The summed E-state index contributed by atoms with van der Waals surface area (Å²) in [7, 11) is 0. The van der Waals surface area contributed by atoms with E-state index in [0.717, 1.165) is 0 Å². The third-order valence-corrected chi connectivity index (χ3v) is 3.45. The molecular weight excluding hydrogens is 326 g/mol. The van der Waals surface area contributed by atoms with Gasteiger partial charge in [-0.05, 0) is 38.1 Å². The minimum atomic E-state index is -1.75. The van der Waals surface area contributed by atoms with Crippen LogP contribution in [0.4, 0.5) is 28.9 Å². The van der Waals surface area contributed by atoms with Crippen LogP contribution in [0.5, 0.6) is 0 Å². The predicted octanol–water partition coefficient (Wildman–Crippen LogP) is 3.86. The van der Waals surface area contributed by atoms with Crippen molar-refractivity contribution in [1.82, 2.24) is 9.88 Å². The Kier molecular flexibility index (Phi) is 5.38. The van der Waals surface area contributed by atoms with E-state index in [0.29, 0.717) is 18.7 Å². The minimum Gasteiger partial charge on any atom is -0.350 e. The molecule has 1 heterocycles. The molecule has 24 heavy (non-hydrogen) atoms. The minimum absolute atomic E-state index is 0.161. The lowest BCUT2D eigenvalue weighted by Gasteiger charge is -2.18. The van der Waals surface area contributed by atoms with Gasteiger partial charge in [-0.25, -0.2) is 0 Å². The molecule has 0 fully saturated rings. The van der Waals surface area contributed by atoms with Gasteiger partial charge >= 0.3 is 0 Å². The van der Waals surface area contributed by atoms with Crippen LogP contribution in [0.2, 0.25) is 0 Å². The molecule has 1 N–H and O–H groups in total. The number of halogens is 4. The number of amides is 1. The van der Waals surface area contributed by atoms with Gasteiger partial charge in [0.15, 0.2) is 0 Å². The molecule has 0 saturated heterocycles. The zero-order valence-corrected chi connectivity index (χ0v) is 13.0. The molecule has 128 valence electrons. The standard InChI is InChI=1S/C16H15F4N3O/c1-3-23(4-2)16(24)9-5-7-10(8-6-9)21-13-11(17)14(19)22-15(20)12(13)18/h5-8H,3-4H2,1-2H3,(H,21,22). The van der Waals surface area contributed by atoms with Crippen LogP contribution in [0.25, 0.3) is 0 Å². The highest BCUT2D eigenvalue weighted by atomic mass is 19.2. The largest absolute Gasteiger partial charge is 0.350 e. The summed E-state index contributed by atoms with van der Waals surface area (Å²) in [4.78, 5) is 16.2. The monoisotopic (exact) mass is 341 g/mol. The van der Waals surface area contributed by atoms with Crippen molar-refractivity contribution in [2.75, 3.05) is 18.4 Å². The molecule has 0 aliphatic carbocycles. The SMILES string of the molecule is CCN(CC)C(=O)c1ccc(Nc2c(F)c(F)nc(F)c2F)cc1. The van der Waals surface area contributed by atoms with Crippen LogP contribution in [0.3, 0.4) is 0 Å². The van der Waals surface area contributed by atoms with Crippen molar-refractivity contribution in [1.29, 1.82) is 0 Å². The molecule has 0 bridgehead atoms. The molecule has 1 aromatic carbocycles. The lowest BCUT2D eigenvalue weighted by molar-refractivity contribution is 0.0773. The van der Waals surface area contributed by atoms with Crippen LogP contribution in [-0.2, 0) is 0 Å². The van der Waals surface area contributed by atoms with Crippen molar-refractivity contribution in [3.8, 4) is 0 Å². The Morgan fingerprint density at radius 2 is 1.50 bits per heavy atom. The van der Waals surface area contributed by atoms with Crippen LogP contribution in [0.15, 0.2) is 24.3 Å². The first kappa shape index (κ1) is 17.7. The van der Waals surface area contributed by atoms with Crippen molar-refractivity contribution in [3.05, 3.63) is 53.4 Å². The van der Waals surface area contributed by atoms with Gasteiger partial charge in [0.05, 0.1) is 0 Å². The summed E-state index contributed by atoms with van der Waals surface area (Å²) in [5, 5.41) is 2.25. The summed E-state index contributed by atoms with van der Waals surface area (Å²) in [6.45, 7) is 4.77. The fourth-order valence-corrected chi connectivity index (χ4v) is 2.13. The van der Waals surface area contributed by atoms with E-state index >= 15 is 0 Å². The highest BCUT2D eigenvalue weighted by molar-refractivity contribution is 5.94. The predicted molar refractivity (Wildman–Crippen MR) is 81.0 cm³/mol. The zero-order valence-electron chi connectivity index (χ0n) is 13.0. The van der Waals surface area contributed by atoms with Crippen LogP contribution in [-0.4, -0.2) is 28.9 Å². The normalized spacial score (nSPS) is 10.6. The average Bonchev–Trinajstić information content (AvgIpc) is 2.58. The molecule has 0 radical (unpaired) electrons. The van der Waals surface area contributed by atoms with Crippen molar-refractivity contribution in [2.24, 2.45) is 0 Å². The molecule has 4 nitrogen and oxygen atoms in total. The Bertz CT molecular complexity index is 720. The second kappa shape index (κ2) is 7.29. The molecule has 1 amide bonds. The number of nitrogens with one attached hydrogen (secondary N) is 1. The van der Waals surface area contributed by atoms with Crippen molar-refractivity contribution in [3.63, 3.8) is 0 Å². The molecule has 2 rings (SSSR count). The second-order valence-corrected chi connectivity index (χ2v) is 4.88. The van der Waals surface area contributed by atoms with Crippen molar-refractivity contribution in [2.45, 2.75) is 13.8 Å². The van der Waals surface area contributed by atoms with E-state index in [2.05, 4.69) is 10.3 Å². The quantitative estimate of drug-likeness (QED) is 0.663. The molecule has 0 aliphatic heterocycles. The third kappa shape index (κ3) is 3.47. The summed E-state index contributed by atoms with van der Waals surface area (Å²) < 4.78 is 53.3. The molecule has 0 saturated carbocycles. The summed E-state index contributed by atoms with van der Waals surface area (Å²) >= 11 is 0. The number of aromatic nitrogens is 1. The smallest absolute Gasteiger partial charge is 0.253 e. The third-order valence-electron chi connectivity index (χ3n) is 3.45. The number of carbonyl (C=O) groups is 1. The molecule has 8 heteroatoms. The molecule has 0 aliphatic rings. The molecule has 0 atom stereocenters. The first-order valence-electron chi connectivity index (χ1n) is 7.25. The fraction of sp³-hybridized carbons (Fsp3) is 0.250. The van der Waals surface area contributed by atoms with Crippen LogP contribution in [0, 0.1) is 23.5 Å². The summed E-state index contributed by atoms with van der Waals surface area (Å²) in [6, 6.07) is 5.66. The maximum absolute atomic E-state index is 13.6. The van der Waals surface area contributed by atoms with E-state index in [1.807, 2.05) is 13.8 Å². The first-order chi connectivity index (χ1) is 11.4. The van der Waals surface area contributed by atoms with Crippen LogP contribution >= 0.6 is 0 Å². The lowest BCUT2D eigenvalue weighted by Crippen LogP contribution is -2.30. The highest BCUT2D eigenvalue weighted by Gasteiger charge is 2.21. The lowest BCUT2D eigenvalue weighted by atomic mass is 10.1. The van der Waals surface area contributed by atoms with E-state index in [9.17, 15) is 22.4 Å². The number of pyridine rings is 1. The Morgan fingerprint density at radius 3 is 1.96 bits per heavy atom. The van der Waals surface area contributed by atoms with E-state index in [1.54, 1.807) is 4.90 Å². The van der Waals surface area contributed by atoms with Gasteiger partial charge in [-0.15, -0.1) is 0 Å². The molecule has 2 aromatic rings. The number of rotatable bonds is 5. The Balaban J connectivity index is 2.26. The number of hydrogen-bond donors (Lipinski definition) is 1. The van der Waals surface area contributed by atoms with Crippen LogP contribution in [0.1, 0.15) is 24.2 Å². The first-order valence-corrected chi connectivity index (χ1v) is 7.25. The van der Waals surface area contributed by atoms with E-state index in [-0.39, 0.29) is 11.6 Å². The number of anilines is 2. The second-order valence-electron chi connectivity index (χ2n) is 4.88. The van der Waals surface area contributed by atoms with Crippen molar-refractivity contribution < 1.29 is 22.4 Å². The molecule has 0 spiro atoms. The Morgan fingerprint density at radius 1 is 1.00 bits per heavy atom. The summed E-state index contributed by atoms with van der Waals surface area (Å²) in [5.74, 6) is -6.94. The van der Waals surface area contributed by atoms with Gasteiger partial charge in [0.1, 0.15) is 5.69 Å². The number of nitrogens with zero attached hydrogens (tertiary/aromatic N) is 2.